The second-order valence-corrected chi connectivity index (χ2v) is 3.56. The molecule has 1 rings (SSSR count). The molecule has 4 heteroatoms. The molecular formula is C8H10BrCl2N. The fourth-order valence-electron chi connectivity index (χ4n) is 0.869. The molecule has 1 nitrogen and oxygen atoms in total. The maximum absolute atomic E-state index is 5.80. The van der Waals surface area contributed by atoms with Crippen LogP contribution in [0.5, 0.6) is 0 Å². The third kappa shape index (κ3) is 3.31. The maximum Gasteiger partial charge on any atom is 0.0410 e. The molecule has 0 saturated carbocycles. The van der Waals surface area contributed by atoms with E-state index in [4.69, 9.17) is 11.6 Å². The van der Waals surface area contributed by atoms with Crippen molar-refractivity contribution in [3.05, 3.63) is 33.3 Å². The van der Waals surface area contributed by atoms with Gasteiger partial charge in [-0.25, -0.2) is 0 Å². The molecule has 0 saturated heterocycles. The number of rotatable bonds is 2. The molecule has 0 bridgehead atoms. The molecular weight excluding hydrogens is 261 g/mol. The van der Waals surface area contributed by atoms with Crippen LogP contribution in [-0.2, 0) is 6.54 Å². The van der Waals surface area contributed by atoms with Crippen LogP contribution in [0.1, 0.15) is 5.56 Å². The van der Waals surface area contributed by atoms with Crippen molar-refractivity contribution in [2.24, 2.45) is 0 Å². The van der Waals surface area contributed by atoms with Crippen LogP contribution in [0.3, 0.4) is 0 Å². The number of halogens is 3. The first-order chi connectivity index (χ1) is 5.24. The molecule has 1 N–H and O–H groups in total. The molecule has 0 fully saturated rings. The lowest BCUT2D eigenvalue weighted by Gasteiger charge is -2.02. The second kappa shape index (κ2) is 5.81. The van der Waals surface area contributed by atoms with Gasteiger partial charge in [-0.3, -0.25) is 0 Å². The smallest absolute Gasteiger partial charge is 0.0410 e. The molecule has 68 valence electrons. The molecule has 0 unspecified atom stereocenters. The van der Waals surface area contributed by atoms with Crippen molar-refractivity contribution in [3.8, 4) is 0 Å². The number of hydrogen-bond acceptors (Lipinski definition) is 1. The average molecular weight is 271 g/mol. The van der Waals surface area contributed by atoms with Gasteiger partial charge in [-0.1, -0.05) is 27.5 Å². The molecule has 12 heavy (non-hydrogen) atoms. The molecule has 0 aliphatic rings. The van der Waals surface area contributed by atoms with E-state index in [0.717, 1.165) is 16.0 Å². The Bertz CT molecular complexity index is 253. The molecule has 0 heterocycles. The number of nitrogens with one attached hydrogen (secondary N) is 1. The minimum absolute atomic E-state index is 0. The van der Waals surface area contributed by atoms with Crippen LogP contribution in [-0.4, -0.2) is 7.05 Å². The molecule has 1 aromatic rings. The highest BCUT2D eigenvalue weighted by Gasteiger charge is 1.98. The molecule has 0 spiro atoms. The van der Waals surface area contributed by atoms with Crippen molar-refractivity contribution in [2.45, 2.75) is 6.54 Å². The summed E-state index contributed by atoms with van der Waals surface area (Å²) in [6.07, 6.45) is 0. The topological polar surface area (TPSA) is 12.0 Å². The summed E-state index contributed by atoms with van der Waals surface area (Å²) in [7, 11) is 1.91. The largest absolute Gasteiger partial charge is 0.316 e. The van der Waals surface area contributed by atoms with Crippen molar-refractivity contribution in [2.75, 3.05) is 7.05 Å². The van der Waals surface area contributed by atoms with Crippen molar-refractivity contribution >= 4 is 39.9 Å². The summed E-state index contributed by atoms with van der Waals surface area (Å²) in [6.45, 7) is 0.834. The van der Waals surface area contributed by atoms with Gasteiger partial charge in [0.1, 0.15) is 0 Å². The van der Waals surface area contributed by atoms with E-state index < -0.39 is 0 Å². The van der Waals surface area contributed by atoms with E-state index in [0.29, 0.717) is 0 Å². The molecule has 0 radical (unpaired) electrons. The molecule has 0 amide bonds. The minimum Gasteiger partial charge on any atom is -0.316 e. The van der Waals surface area contributed by atoms with Gasteiger partial charge in [0.25, 0.3) is 0 Å². The predicted octanol–water partition coefficient (Wildman–Crippen LogP) is 3.24. The van der Waals surface area contributed by atoms with E-state index >= 15 is 0 Å². The number of benzene rings is 1. The summed E-state index contributed by atoms with van der Waals surface area (Å²) in [4.78, 5) is 0. The Kier molecular flexibility index (Phi) is 5.93. The van der Waals surface area contributed by atoms with Crippen LogP contribution in [0, 0.1) is 0 Å². The predicted molar refractivity (Wildman–Crippen MR) is 59.2 cm³/mol. The van der Waals surface area contributed by atoms with Crippen LogP contribution in [0.2, 0.25) is 5.02 Å². The Morgan fingerprint density at radius 1 is 1.50 bits per heavy atom. The highest BCUT2D eigenvalue weighted by molar-refractivity contribution is 9.10. The van der Waals surface area contributed by atoms with Crippen LogP contribution < -0.4 is 5.32 Å². The quantitative estimate of drug-likeness (QED) is 0.870. The molecule has 1 aromatic carbocycles. The third-order valence-corrected chi connectivity index (χ3v) is 2.38. The third-order valence-electron chi connectivity index (χ3n) is 1.37. The van der Waals surface area contributed by atoms with Gasteiger partial charge < -0.3 is 5.32 Å². The molecule has 0 aliphatic heterocycles. The standard InChI is InChI=1S/C8H9BrClN.ClH/c1-11-5-6-4-7(10)2-3-8(6)9;/h2-4,11H,5H2,1H3;1H. The van der Waals surface area contributed by atoms with Crippen molar-refractivity contribution in [1.29, 1.82) is 0 Å². The zero-order valence-electron chi connectivity index (χ0n) is 6.60. The summed E-state index contributed by atoms with van der Waals surface area (Å²) in [6, 6.07) is 5.77. The van der Waals surface area contributed by atoms with Crippen LogP contribution >= 0.6 is 39.9 Å². The second-order valence-electron chi connectivity index (χ2n) is 2.27. The summed E-state index contributed by atoms with van der Waals surface area (Å²) in [5.74, 6) is 0. The van der Waals surface area contributed by atoms with Crippen LogP contribution in [0.4, 0.5) is 0 Å². The van der Waals surface area contributed by atoms with E-state index in [1.807, 2.05) is 25.2 Å². The van der Waals surface area contributed by atoms with E-state index in [2.05, 4.69) is 21.2 Å². The maximum atomic E-state index is 5.80. The van der Waals surface area contributed by atoms with Gasteiger partial charge in [-0.15, -0.1) is 12.4 Å². The molecule has 0 aromatic heterocycles. The monoisotopic (exact) mass is 269 g/mol. The first kappa shape index (κ1) is 12.2. The fraction of sp³-hybridized carbons (Fsp3) is 0.250. The average Bonchev–Trinajstić information content (AvgIpc) is 1.98. The van der Waals surface area contributed by atoms with E-state index in [9.17, 15) is 0 Å². The molecule has 0 aliphatic carbocycles. The van der Waals surface area contributed by atoms with E-state index in [1.165, 1.54) is 5.56 Å². The highest BCUT2D eigenvalue weighted by atomic mass is 79.9. The van der Waals surface area contributed by atoms with E-state index in [-0.39, 0.29) is 12.4 Å². The summed E-state index contributed by atoms with van der Waals surface area (Å²) in [5.41, 5.74) is 1.18. The molecule has 0 atom stereocenters. The minimum atomic E-state index is 0. The van der Waals surface area contributed by atoms with Crippen molar-refractivity contribution < 1.29 is 0 Å². The zero-order valence-corrected chi connectivity index (χ0v) is 9.76. The first-order valence-corrected chi connectivity index (χ1v) is 4.49. The Balaban J connectivity index is 0.00000121. The van der Waals surface area contributed by atoms with Gasteiger partial charge in [0.05, 0.1) is 0 Å². The SMILES string of the molecule is CNCc1cc(Cl)ccc1Br.Cl. The lowest BCUT2D eigenvalue weighted by atomic mass is 10.2. The summed E-state index contributed by atoms with van der Waals surface area (Å²) in [5, 5.41) is 3.84. The Morgan fingerprint density at radius 3 is 2.75 bits per heavy atom. The van der Waals surface area contributed by atoms with Gasteiger partial charge in [-0.2, -0.15) is 0 Å². The first-order valence-electron chi connectivity index (χ1n) is 3.32. The summed E-state index contributed by atoms with van der Waals surface area (Å²) >= 11 is 9.24. The van der Waals surface area contributed by atoms with Crippen LogP contribution in [0.25, 0.3) is 0 Å². The lowest BCUT2D eigenvalue weighted by Crippen LogP contribution is -2.05. The van der Waals surface area contributed by atoms with Crippen molar-refractivity contribution in [1.82, 2.24) is 5.32 Å². The Hall–Kier alpha value is 0.240. The Labute approximate surface area is 92.0 Å². The highest BCUT2D eigenvalue weighted by Crippen LogP contribution is 2.20. The zero-order chi connectivity index (χ0) is 8.27. The van der Waals surface area contributed by atoms with Gasteiger partial charge in [0.2, 0.25) is 0 Å². The van der Waals surface area contributed by atoms with Gasteiger partial charge in [-0.05, 0) is 30.8 Å². The van der Waals surface area contributed by atoms with Crippen LogP contribution in [0.15, 0.2) is 22.7 Å². The number of hydrogen-bond donors (Lipinski definition) is 1. The van der Waals surface area contributed by atoms with Gasteiger partial charge in [0, 0.05) is 16.0 Å². The lowest BCUT2D eigenvalue weighted by molar-refractivity contribution is 0.814. The normalized spacial score (nSPS) is 9.25. The summed E-state index contributed by atoms with van der Waals surface area (Å²) < 4.78 is 1.09. The Morgan fingerprint density at radius 2 is 2.17 bits per heavy atom. The van der Waals surface area contributed by atoms with Gasteiger partial charge >= 0.3 is 0 Å². The van der Waals surface area contributed by atoms with E-state index in [1.54, 1.807) is 0 Å². The fourth-order valence-corrected chi connectivity index (χ4v) is 1.45. The van der Waals surface area contributed by atoms with Gasteiger partial charge in [0.15, 0.2) is 0 Å². The van der Waals surface area contributed by atoms with Crippen molar-refractivity contribution in [3.63, 3.8) is 0 Å².